The summed E-state index contributed by atoms with van der Waals surface area (Å²) in [5.41, 5.74) is 0.932. The highest BCUT2D eigenvalue weighted by molar-refractivity contribution is 5.85. The van der Waals surface area contributed by atoms with Crippen molar-refractivity contribution in [1.82, 2.24) is 10.6 Å². The van der Waals surface area contributed by atoms with E-state index in [0.29, 0.717) is 6.42 Å². The number of benzene rings is 1. The molecule has 1 aliphatic heterocycles. The summed E-state index contributed by atoms with van der Waals surface area (Å²) in [7, 11) is 1.63. The van der Waals surface area contributed by atoms with E-state index in [4.69, 9.17) is 4.74 Å². The fourth-order valence-corrected chi connectivity index (χ4v) is 2.28. The molecule has 1 heterocycles. The quantitative estimate of drug-likeness (QED) is 0.882. The fraction of sp³-hybridized carbons (Fsp3) is 0.500. The van der Waals surface area contributed by atoms with Gasteiger partial charge in [0.05, 0.1) is 13.5 Å². The van der Waals surface area contributed by atoms with Crippen LogP contribution < -0.4 is 15.4 Å². The summed E-state index contributed by atoms with van der Waals surface area (Å²) in [5, 5.41) is 6.35. The first-order valence-electron chi connectivity index (χ1n) is 6.41. The van der Waals surface area contributed by atoms with Crippen molar-refractivity contribution in [3.8, 4) is 5.75 Å². The van der Waals surface area contributed by atoms with Crippen molar-refractivity contribution in [3.63, 3.8) is 0 Å². The SMILES string of the molecule is COc1ccccc1CC(=O)N[C@@H]1CCCNC1.Cl. The zero-order valence-corrected chi connectivity index (χ0v) is 12.0. The van der Waals surface area contributed by atoms with E-state index in [1.54, 1.807) is 7.11 Å². The summed E-state index contributed by atoms with van der Waals surface area (Å²) in [6, 6.07) is 7.90. The Bertz CT molecular complexity index is 406. The van der Waals surface area contributed by atoms with Crippen molar-refractivity contribution in [2.45, 2.75) is 25.3 Å². The van der Waals surface area contributed by atoms with Gasteiger partial charge in [-0.05, 0) is 25.5 Å². The van der Waals surface area contributed by atoms with Crippen molar-refractivity contribution in [3.05, 3.63) is 29.8 Å². The maximum atomic E-state index is 12.0. The van der Waals surface area contributed by atoms with Gasteiger partial charge in [0.2, 0.25) is 5.91 Å². The first-order valence-corrected chi connectivity index (χ1v) is 6.41. The zero-order chi connectivity index (χ0) is 12.8. The number of ether oxygens (including phenoxy) is 1. The number of carbonyl (C=O) groups is 1. The van der Waals surface area contributed by atoms with Crippen LogP contribution in [-0.2, 0) is 11.2 Å². The van der Waals surface area contributed by atoms with Gasteiger partial charge in [0.1, 0.15) is 5.75 Å². The van der Waals surface area contributed by atoms with E-state index in [0.717, 1.165) is 37.2 Å². The molecule has 1 atom stereocenters. The minimum atomic E-state index is 0. The Labute approximate surface area is 120 Å². The van der Waals surface area contributed by atoms with Gasteiger partial charge in [-0.15, -0.1) is 12.4 Å². The third-order valence-electron chi connectivity index (χ3n) is 3.21. The molecule has 2 rings (SSSR count). The lowest BCUT2D eigenvalue weighted by Gasteiger charge is -2.23. The van der Waals surface area contributed by atoms with Crippen LogP contribution in [0.1, 0.15) is 18.4 Å². The molecule has 19 heavy (non-hydrogen) atoms. The number of nitrogens with one attached hydrogen (secondary N) is 2. The summed E-state index contributed by atoms with van der Waals surface area (Å²) in [5.74, 6) is 0.836. The Morgan fingerprint density at radius 2 is 2.26 bits per heavy atom. The number of rotatable bonds is 4. The summed E-state index contributed by atoms with van der Waals surface area (Å²) < 4.78 is 5.24. The monoisotopic (exact) mass is 284 g/mol. The Hall–Kier alpha value is -1.26. The third-order valence-corrected chi connectivity index (χ3v) is 3.21. The lowest BCUT2D eigenvalue weighted by Crippen LogP contribution is -2.46. The minimum absolute atomic E-state index is 0. The number of para-hydroxylation sites is 1. The van der Waals surface area contributed by atoms with E-state index in [1.165, 1.54) is 0 Å². The molecular weight excluding hydrogens is 264 g/mol. The Morgan fingerprint density at radius 1 is 1.47 bits per heavy atom. The molecule has 1 saturated heterocycles. The van der Waals surface area contributed by atoms with Gasteiger partial charge in [-0.2, -0.15) is 0 Å². The van der Waals surface area contributed by atoms with Crippen molar-refractivity contribution >= 4 is 18.3 Å². The zero-order valence-electron chi connectivity index (χ0n) is 11.1. The van der Waals surface area contributed by atoms with Gasteiger partial charge in [-0.1, -0.05) is 18.2 Å². The fourth-order valence-electron chi connectivity index (χ4n) is 2.28. The standard InChI is InChI=1S/C14H20N2O2.ClH/c1-18-13-7-3-2-5-11(13)9-14(17)16-12-6-4-8-15-10-12;/h2-3,5,7,12,15H,4,6,8-10H2,1H3,(H,16,17);1H/t12-;/m1./s1. The molecule has 0 saturated carbocycles. The lowest BCUT2D eigenvalue weighted by atomic mass is 10.1. The lowest BCUT2D eigenvalue weighted by molar-refractivity contribution is -0.121. The highest BCUT2D eigenvalue weighted by Crippen LogP contribution is 2.17. The van der Waals surface area contributed by atoms with Crippen LogP contribution in [0.3, 0.4) is 0 Å². The third kappa shape index (κ3) is 4.73. The minimum Gasteiger partial charge on any atom is -0.496 e. The molecule has 1 fully saturated rings. The molecule has 5 heteroatoms. The number of piperidine rings is 1. The van der Waals surface area contributed by atoms with Gasteiger partial charge in [0, 0.05) is 18.2 Å². The van der Waals surface area contributed by atoms with Crippen molar-refractivity contribution in [2.24, 2.45) is 0 Å². The van der Waals surface area contributed by atoms with Crippen LogP contribution in [0.4, 0.5) is 0 Å². The number of hydrogen-bond acceptors (Lipinski definition) is 3. The van der Waals surface area contributed by atoms with Crippen LogP contribution in [-0.4, -0.2) is 32.1 Å². The number of hydrogen-bond donors (Lipinski definition) is 2. The second kappa shape index (κ2) is 8.02. The maximum Gasteiger partial charge on any atom is 0.224 e. The normalized spacial score (nSPS) is 18.3. The van der Waals surface area contributed by atoms with Crippen LogP contribution in [0, 0.1) is 0 Å². The first-order chi connectivity index (χ1) is 8.79. The second-order valence-corrected chi connectivity index (χ2v) is 4.60. The number of halogens is 1. The van der Waals surface area contributed by atoms with Crippen molar-refractivity contribution in [1.29, 1.82) is 0 Å². The summed E-state index contributed by atoms with van der Waals surface area (Å²) >= 11 is 0. The smallest absolute Gasteiger partial charge is 0.224 e. The number of carbonyl (C=O) groups excluding carboxylic acids is 1. The van der Waals surface area contributed by atoms with E-state index in [-0.39, 0.29) is 24.4 Å². The molecular formula is C14H21ClN2O2. The van der Waals surface area contributed by atoms with Gasteiger partial charge in [-0.3, -0.25) is 4.79 Å². The van der Waals surface area contributed by atoms with Crippen molar-refractivity contribution < 1.29 is 9.53 Å². The van der Waals surface area contributed by atoms with E-state index in [2.05, 4.69) is 10.6 Å². The van der Waals surface area contributed by atoms with E-state index in [9.17, 15) is 4.79 Å². The molecule has 4 nitrogen and oxygen atoms in total. The number of methoxy groups -OCH3 is 1. The Balaban J connectivity index is 0.00000180. The van der Waals surface area contributed by atoms with Gasteiger partial charge < -0.3 is 15.4 Å². The molecule has 0 aromatic heterocycles. The average molecular weight is 285 g/mol. The maximum absolute atomic E-state index is 12.0. The summed E-state index contributed by atoms with van der Waals surface area (Å²) in [4.78, 5) is 12.0. The van der Waals surface area contributed by atoms with Crippen LogP contribution in [0.15, 0.2) is 24.3 Å². The summed E-state index contributed by atoms with van der Waals surface area (Å²) in [6.07, 6.45) is 2.56. The van der Waals surface area contributed by atoms with Crippen LogP contribution in [0.25, 0.3) is 0 Å². The van der Waals surface area contributed by atoms with E-state index < -0.39 is 0 Å². The highest BCUT2D eigenvalue weighted by Gasteiger charge is 2.16. The molecule has 0 spiro atoms. The van der Waals surface area contributed by atoms with Gasteiger partial charge >= 0.3 is 0 Å². The molecule has 0 bridgehead atoms. The number of amides is 1. The molecule has 1 aromatic carbocycles. The Kier molecular flexibility index (Phi) is 6.67. The average Bonchev–Trinajstić information content (AvgIpc) is 2.40. The topological polar surface area (TPSA) is 50.4 Å². The molecule has 0 unspecified atom stereocenters. The van der Waals surface area contributed by atoms with Crippen molar-refractivity contribution in [2.75, 3.05) is 20.2 Å². The molecule has 0 radical (unpaired) electrons. The van der Waals surface area contributed by atoms with Crippen LogP contribution in [0.5, 0.6) is 5.75 Å². The summed E-state index contributed by atoms with van der Waals surface area (Å²) in [6.45, 7) is 1.93. The molecule has 1 aromatic rings. The highest BCUT2D eigenvalue weighted by atomic mass is 35.5. The Morgan fingerprint density at radius 3 is 2.95 bits per heavy atom. The molecule has 1 aliphatic rings. The van der Waals surface area contributed by atoms with Gasteiger partial charge in [0.25, 0.3) is 0 Å². The predicted molar refractivity (Wildman–Crippen MR) is 78.0 cm³/mol. The molecule has 2 N–H and O–H groups in total. The van der Waals surface area contributed by atoms with Gasteiger partial charge in [0.15, 0.2) is 0 Å². The predicted octanol–water partition coefficient (Wildman–Crippen LogP) is 1.53. The largest absolute Gasteiger partial charge is 0.496 e. The first kappa shape index (κ1) is 15.8. The molecule has 0 aliphatic carbocycles. The second-order valence-electron chi connectivity index (χ2n) is 4.60. The van der Waals surface area contributed by atoms with Crippen LogP contribution >= 0.6 is 12.4 Å². The molecule has 106 valence electrons. The van der Waals surface area contributed by atoms with Gasteiger partial charge in [-0.25, -0.2) is 0 Å². The molecule has 1 amide bonds. The van der Waals surface area contributed by atoms with E-state index >= 15 is 0 Å². The van der Waals surface area contributed by atoms with E-state index in [1.807, 2.05) is 24.3 Å². The van der Waals surface area contributed by atoms with Crippen LogP contribution in [0.2, 0.25) is 0 Å².